The third-order valence-corrected chi connectivity index (χ3v) is 4.29. The summed E-state index contributed by atoms with van der Waals surface area (Å²) in [6.07, 6.45) is 0.444. The van der Waals surface area contributed by atoms with Crippen molar-refractivity contribution in [3.63, 3.8) is 0 Å². The maximum Gasteiger partial charge on any atom is 0.212 e. The molecule has 0 amide bonds. The number of rotatable bonds is 6. The average molecular weight is 296 g/mol. The summed E-state index contributed by atoms with van der Waals surface area (Å²) in [4.78, 5) is 0. The molecular weight excluding hydrogens is 281 g/mol. The zero-order valence-electron chi connectivity index (χ0n) is 9.49. The molecule has 1 N–H and O–H groups in total. The Kier molecular flexibility index (Phi) is 5.73. The van der Waals surface area contributed by atoms with Crippen LogP contribution in [0.5, 0.6) is 0 Å². The molecule has 0 fully saturated rings. The van der Waals surface area contributed by atoms with Gasteiger partial charge in [0, 0.05) is 16.9 Å². The highest BCUT2D eigenvalue weighted by Crippen LogP contribution is 2.18. The smallest absolute Gasteiger partial charge is 0.212 e. The first kappa shape index (κ1) is 14.8. The molecule has 17 heavy (non-hydrogen) atoms. The van der Waals surface area contributed by atoms with Crippen LogP contribution in [0.3, 0.4) is 0 Å². The average Bonchev–Trinajstić information content (AvgIpc) is 2.26. The second kappa shape index (κ2) is 6.59. The lowest BCUT2D eigenvalue weighted by Gasteiger charge is -2.14. The maximum atomic E-state index is 11.7. The van der Waals surface area contributed by atoms with Crippen LogP contribution in [0, 0.1) is 0 Å². The van der Waals surface area contributed by atoms with Gasteiger partial charge in [-0.15, -0.1) is 11.6 Å². The topological polar surface area (TPSA) is 46.2 Å². The van der Waals surface area contributed by atoms with Gasteiger partial charge in [-0.25, -0.2) is 13.1 Å². The van der Waals surface area contributed by atoms with Crippen molar-refractivity contribution >= 4 is 33.2 Å². The van der Waals surface area contributed by atoms with E-state index in [0.717, 1.165) is 5.56 Å². The van der Waals surface area contributed by atoms with E-state index in [2.05, 4.69) is 4.72 Å². The molecule has 1 aromatic rings. The van der Waals surface area contributed by atoms with E-state index < -0.39 is 10.0 Å². The number of halogens is 2. The van der Waals surface area contributed by atoms with Gasteiger partial charge in [0.1, 0.15) is 0 Å². The van der Waals surface area contributed by atoms with Crippen LogP contribution in [0.4, 0.5) is 0 Å². The standard InChI is InChI=1S/C11H15Cl2NO2S/c1-9(10-4-2-5-11(13)8-10)14-17(15,16)7-3-6-12/h2,4-5,8-9,14H,3,6-7H2,1H3. The Morgan fingerprint density at radius 1 is 1.41 bits per heavy atom. The lowest BCUT2D eigenvalue weighted by Crippen LogP contribution is -2.29. The SMILES string of the molecule is CC(NS(=O)(=O)CCCCl)c1cccc(Cl)c1. The molecule has 0 bridgehead atoms. The fraction of sp³-hybridized carbons (Fsp3) is 0.455. The van der Waals surface area contributed by atoms with E-state index in [-0.39, 0.29) is 11.8 Å². The van der Waals surface area contributed by atoms with Crippen molar-refractivity contribution in [2.45, 2.75) is 19.4 Å². The minimum Gasteiger partial charge on any atom is -0.212 e. The van der Waals surface area contributed by atoms with E-state index in [1.54, 1.807) is 25.1 Å². The van der Waals surface area contributed by atoms with Crippen LogP contribution >= 0.6 is 23.2 Å². The van der Waals surface area contributed by atoms with Crippen LogP contribution in [0.1, 0.15) is 24.9 Å². The molecule has 1 unspecified atom stereocenters. The van der Waals surface area contributed by atoms with Gasteiger partial charge in [0.25, 0.3) is 0 Å². The van der Waals surface area contributed by atoms with E-state index in [0.29, 0.717) is 17.3 Å². The summed E-state index contributed by atoms with van der Waals surface area (Å²) in [5.41, 5.74) is 0.840. The van der Waals surface area contributed by atoms with Gasteiger partial charge in [-0.05, 0) is 31.0 Å². The lowest BCUT2D eigenvalue weighted by molar-refractivity contribution is 0.566. The van der Waals surface area contributed by atoms with Crippen molar-refractivity contribution in [2.24, 2.45) is 0 Å². The van der Waals surface area contributed by atoms with Gasteiger partial charge in [0.15, 0.2) is 0 Å². The van der Waals surface area contributed by atoms with E-state index in [1.165, 1.54) is 0 Å². The molecule has 96 valence electrons. The van der Waals surface area contributed by atoms with Gasteiger partial charge < -0.3 is 0 Å². The van der Waals surface area contributed by atoms with E-state index in [1.807, 2.05) is 6.07 Å². The monoisotopic (exact) mass is 295 g/mol. The molecule has 0 aliphatic heterocycles. The summed E-state index contributed by atoms with van der Waals surface area (Å²) in [6.45, 7) is 1.78. The predicted octanol–water partition coefficient (Wildman–Crippen LogP) is 2.95. The first-order valence-electron chi connectivity index (χ1n) is 5.26. The summed E-state index contributed by atoms with van der Waals surface area (Å²) < 4.78 is 25.9. The normalized spacial score (nSPS) is 13.6. The Hall–Kier alpha value is -0.290. The summed E-state index contributed by atoms with van der Waals surface area (Å²) in [6, 6.07) is 6.83. The van der Waals surface area contributed by atoms with E-state index in [4.69, 9.17) is 23.2 Å². The molecule has 0 aliphatic rings. The van der Waals surface area contributed by atoms with Crippen LogP contribution in [0.15, 0.2) is 24.3 Å². The molecule has 0 heterocycles. The summed E-state index contributed by atoms with van der Waals surface area (Å²) >= 11 is 11.3. The zero-order chi connectivity index (χ0) is 12.9. The third-order valence-electron chi connectivity index (χ3n) is 2.25. The van der Waals surface area contributed by atoms with Gasteiger partial charge in [0.05, 0.1) is 5.75 Å². The molecule has 0 aliphatic carbocycles. The first-order valence-corrected chi connectivity index (χ1v) is 7.82. The highest BCUT2D eigenvalue weighted by Gasteiger charge is 2.15. The molecule has 0 saturated carbocycles. The van der Waals surface area contributed by atoms with Crippen molar-refractivity contribution in [2.75, 3.05) is 11.6 Å². The van der Waals surface area contributed by atoms with Crippen LogP contribution in [-0.4, -0.2) is 20.1 Å². The number of sulfonamides is 1. The van der Waals surface area contributed by atoms with Crippen LogP contribution < -0.4 is 4.72 Å². The second-order valence-electron chi connectivity index (χ2n) is 3.76. The molecule has 0 aromatic heterocycles. The highest BCUT2D eigenvalue weighted by molar-refractivity contribution is 7.89. The van der Waals surface area contributed by atoms with Gasteiger partial charge in [-0.1, -0.05) is 23.7 Å². The highest BCUT2D eigenvalue weighted by atomic mass is 35.5. The van der Waals surface area contributed by atoms with Crippen molar-refractivity contribution in [3.05, 3.63) is 34.9 Å². The second-order valence-corrected chi connectivity index (χ2v) is 6.44. The van der Waals surface area contributed by atoms with Crippen molar-refractivity contribution in [1.29, 1.82) is 0 Å². The van der Waals surface area contributed by atoms with E-state index >= 15 is 0 Å². The van der Waals surface area contributed by atoms with Crippen LogP contribution in [0.2, 0.25) is 5.02 Å². The minimum absolute atomic E-state index is 0.0431. The molecule has 0 spiro atoms. The van der Waals surface area contributed by atoms with Crippen LogP contribution in [0.25, 0.3) is 0 Å². The fourth-order valence-corrected chi connectivity index (χ4v) is 3.22. The molecular formula is C11H15Cl2NO2S. The number of hydrogen-bond donors (Lipinski definition) is 1. The minimum atomic E-state index is -3.28. The number of alkyl halides is 1. The number of benzene rings is 1. The Bertz CT molecular complexity index is 462. The van der Waals surface area contributed by atoms with Gasteiger partial charge in [-0.3, -0.25) is 0 Å². The van der Waals surface area contributed by atoms with Crippen molar-refractivity contribution in [1.82, 2.24) is 4.72 Å². The Morgan fingerprint density at radius 2 is 2.12 bits per heavy atom. The predicted molar refractivity (Wildman–Crippen MR) is 72.1 cm³/mol. The van der Waals surface area contributed by atoms with Gasteiger partial charge in [-0.2, -0.15) is 0 Å². The molecule has 1 atom stereocenters. The van der Waals surface area contributed by atoms with Crippen molar-refractivity contribution in [3.8, 4) is 0 Å². The summed E-state index contributed by atoms with van der Waals surface area (Å²) in [5.74, 6) is 0.383. The lowest BCUT2D eigenvalue weighted by atomic mass is 10.1. The Balaban J connectivity index is 2.69. The molecule has 6 heteroatoms. The summed E-state index contributed by atoms with van der Waals surface area (Å²) in [5, 5.41) is 0.592. The Labute approximate surface area is 112 Å². The molecule has 1 rings (SSSR count). The molecule has 1 aromatic carbocycles. The zero-order valence-corrected chi connectivity index (χ0v) is 11.8. The van der Waals surface area contributed by atoms with Gasteiger partial charge >= 0.3 is 0 Å². The Morgan fingerprint density at radius 3 is 2.71 bits per heavy atom. The molecule has 3 nitrogen and oxygen atoms in total. The number of hydrogen-bond acceptors (Lipinski definition) is 2. The van der Waals surface area contributed by atoms with E-state index in [9.17, 15) is 8.42 Å². The molecule has 0 saturated heterocycles. The quantitative estimate of drug-likeness (QED) is 0.820. The third kappa shape index (κ3) is 5.25. The number of nitrogens with one attached hydrogen (secondary N) is 1. The first-order chi connectivity index (χ1) is 7.94. The maximum absolute atomic E-state index is 11.7. The largest absolute Gasteiger partial charge is 0.212 e. The van der Waals surface area contributed by atoms with Crippen LogP contribution in [-0.2, 0) is 10.0 Å². The molecule has 0 radical (unpaired) electrons. The van der Waals surface area contributed by atoms with Crippen molar-refractivity contribution < 1.29 is 8.42 Å². The van der Waals surface area contributed by atoms with Gasteiger partial charge in [0.2, 0.25) is 10.0 Å². The fourth-order valence-electron chi connectivity index (χ4n) is 1.42. The summed E-state index contributed by atoms with van der Waals surface area (Å²) in [7, 11) is -3.28.